The molecule has 5 aliphatic heterocycles. The highest BCUT2D eigenvalue weighted by molar-refractivity contribution is 6.62. The van der Waals surface area contributed by atoms with E-state index >= 15 is 0 Å². The zero-order valence-corrected chi connectivity index (χ0v) is 73.5. The van der Waals surface area contributed by atoms with Crippen LogP contribution in [0.1, 0.15) is 217 Å². The molecule has 5 aliphatic rings. The third-order valence-electron chi connectivity index (χ3n) is 16.1. The van der Waals surface area contributed by atoms with Crippen LogP contribution in [0.15, 0.2) is 121 Å². The number of nitrogen functional groups attached to an aromatic ring is 2. The van der Waals surface area contributed by atoms with Crippen molar-refractivity contribution in [1.82, 2.24) is 30.2 Å². The minimum absolute atomic E-state index is 0. The summed E-state index contributed by atoms with van der Waals surface area (Å²) in [5, 5.41) is 46.5. The smallest absolute Gasteiger partial charge is 0.410 e. The Morgan fingerprint density at radius 1 is 0.448 bits per heavy atom. The molecule has 5 fully saturated rings. The molecule has 660 valence electrons. The first kappa shape index (κ1) is 113. The van der Waals surface area contributed by atoms with E-state index in [1.807, 2.05) is 164 Å². The number of hydrogen-bond acceptors (Lipinski definition) is 22. The predicted octanol–water partition coefficient (Wildman–Crippen LogP) is 19.2. The Morgan fingerprint density at radius 3 is 0.897 bits per heavy atom. The van der Waals surface area contributed by atoms with Crippen molar-refractivity contribution < 1.29 is 71.9 Å². The number of likely N-dealkylation sites (tertiary alicyclic amines) is 3. The fourth-order valence-electron chi connectivity index (χ4n) is 10.4. The minimum Gasteiger partial charge on any atom is -0.490 e. The van der Waals surface area contributed by atoms with Gasteiger partial charge in [-0.3, -0.25) is 39.9 Å². The van der Waals surface area contributed by atoms with Crippen molar-refractivity contribution in [1.29, 1.82) is 0 Å². The number of nitro groups is 3. The van der Waals surface area contributed by atoms with Gasteiger partial charge in [-0.25, -0.2) is 14.0 Å². The Morgan fingerprint density at radius 2 is 0.672 bits per heavy atom. The highest BCUT2D eigenvalue weighted by Gasteiger charge is 2.29. The van der Waals surface area contributed by atoms with Crippen LogP contribution in [-0.4, -0.2) is 190 Å². The summed E-state index contributed by atoms with van der Waals surface area (Å²) in [5.74, 6) is 2.76. The minimum atomic E-state index is -0.570. The molecule has 116 heavy (non-hydrogen) atoms. The van der Waals surface area contributed by atoms with Gasteiger partial charge in [0.05, 0.1) is 20.9 Å². The molecule has 28 nitrogen and oxygen atoms in total. The summed E-state index contributed by atoms with van der Waals surface area (Å²) in [6.07, 6.45) is 8.60. The average Bonchev–Trinajstić information content (AvgIpc) is 0.856. The lowest BCUT2D eigenvalue weighted by Gasteiger charge is -2.33. The molecule has 0 bridgehead atoms. The number of ether oxygens (including phenoxy) is 6. The number of nitrogens with two attached hydrogens (primary N) is 2. The molecule has 0 spiro atoms. The van der Waals surface area contributed by atoms with Crippen molar-refractivity contribution in [2.45, 2.75) is 259 Å². The standard InChI is InChI=1S/C16H22N2O5.C13H18N2O2.C11H14N2O3.C11H16N2O.C10H19NO3.C6H4FNO2.C6H15N.C2H3ClO.5C2H6.CH4/c1-16(2,3)23-15(19)17-10-8-14(9-11-17)22-13-6-4-12(5-7-13)18(20)21;1-10(16)15-8-6-13(7-9-15)17-12-4-2-11(14)3-5-12;14-13(15)9-1-3-10(4-2-9)16-11-5-7-12-8-6-11;12-9-1-3-10(4-2-9)14-11-5-7-13-8-6-11;1-10(2,3)14-9(13)11-6-4-8(12)5-7-11;7-5-1-3-6(4-2-5)8(9)10;1-4-7(5-2)6-3;1-2(3)4;5*1-2;/h4-7,14H,8-11H2,1-3H3;2-5,13H,6-9,14H2,1H3;1-4,11-12H,5-8H2;1-4,11,13H,5-8,12H2;8,12H,4-7H2,1-3H3;1-4H;4-6H2,1-3H3;1H3;5*1-2H3;1H4. The maximum absolute atomic E-state index is 12.1. The van der Waals surface area contributed by atoms with E-state index in [2.05, 4.69) is 47.9 Å². The van der Waals surface area contributed by atoms with Crippen molar-refractivity contribution in [3.8, 4) is 23.0 Å². The number of nitrogens with one attached hydrogen (secondary N) is 2. The summed E-state index contributed by atoms with van der Waals surface area (Å²) in [7, 11) is 0. The van der Waals surface area contributed by atoms with Crippen LogP contribution in [0, 0.1) is 36.2 Å². The van der Waals surface area contributed by atoms with Gasteiger partial charge in [-0.15, -0.1) is 0 Å². The third kappa shape index (κ3) is 55.4. The molecule has 7 N–H and O–H groups in total. The van der Waals surface area contributed by atoms with Gasteiger partial charge in [0.1, 0.15) is 64.4 Å². The number of nitro benzene ring substituents is 3. The number of amides is 3. The number of aliphatic hydroxyl groups excluding tert-OH is 1. The summed E-state index contributed by atoms with van der Waals surface area (Å²) >= 11 is 4.64. The number of benzene rings is 5. The first-order valence-corrected chi connectivity index (χ1v) is 41.0. The molecule has 0 saturated carbocycles. The summed E-state index contributed by atoms with van der Waals surface area (Å²) in [5.41, 5.74) is 11.8. The number of aliphatic hydroxyl groups is 1. The maximum atomic E-state index is 12.1. The van der Waals surface area contributed by atoms with Crippen LogP contribution < -0.4 is 41.0 Å². The summed E-state index contributed by atoms with van der Waals surface area (Å²) < 4.78 is 45.9. The van der Waals surface area contributed by atoms with Gasteiger partial charge in [0.25, 0.3) is 17.1 Å². The van der Waals surface area contributed by atoms with E-state index in [0.717, 1.165) is 125 Å². The van der Waals surface area contributed by atoms with E-state index < -0.39 is 31.8 Å². The molecule has 0 atom stereocenters. The number of hydrogen-bond donors (Lipinski definition) is 5. The fourth-order valence-corrected chi connectivity index (χ4v) is 10.4. The molecular formula is C86H145ClFN11O17. The Hall–Kier alpha value is -9.16. The van der Waals surface area contributed by atoms with E-state index in [0.29, 0.717) is 69.5 Å². The van der Waals surface area contributed by atoms with Crippen LogP contribution in [-0.2, 0) is 19.1 Å². The molecular weight excluding hydrogens is 1510 g/mol. The topological polar surface area (TPSA) is 362 Å². The highest BCUT2D eigenvalue weighted by atomic mass is 35.5. The number of halogens is 2. The molecule has 0 aromatic heterocycles. The Balaban J connectivity index is -0.000000624. The van der Waals surface area contributed by atoms with Crippen LogP contribution in [0.5, 0.6) is 23.0 Å². The molecule has 30 heteroatoms. The lowest BCUT2D eigenvalue weighted by atomic mass is 10.1. The second kappa shape index (κ2) is 66.9. The highest BCUT2D eigenvalue weighted by Crippen LogP contribution is 2.26. The Bertz CT molecular complexity index is 3310. The van der Waals surface area contributed by atoms with Crippen LogP contribution in [0.4, 0.5) is 42.4 Å². The van der Waals surface area contributed by atoms with Gasteiger partial charge in [-0.05, 0) is 222 Å². The monoisotopic (exact) mass is 1660 g/mol. The van der Waals surface area contributed by atoms with Crippen LogP contribution in [0.3, 0.4) is 0 Å². The summed E-state index contributed by atoms with van der Waals surface area (Å²) in [6.45, 7) is 52.1. The number of rotatable bonds is 14. The van der Waals surface area contributed by atoms with Gasteiger partial charge in [-0.2, -0.15) is 0 Å². The zero-order chi connectivity index (χ0) is 88.1. The van der Waals surface area contributed by atoms with Gasteiger partial charge < -0.3 is 75.2 Å². The molecule has 5 saturated heterocycles. The van der Waals surface area contributed by atoms with E-state index in [1.165, 1.54) is 50.8 Å². The van der Waals surface area contributed by atoms with E-state index in [1.54, 1.807) is 41.0 Å². The van der Waals surface area contributed by atoms with Crippen molar-refractivity contribution in [2.75, 3.05) is 96.5 Å². The summed E-state index contributed by atoms with van der Waals surface area (Å²) in [4.78, 5) is 81.1. The molecule has 3 amide bonds. The fraction of sp³-hybridized carbons (Fsp3) is 0.605. The van der Waals surface area contributed by atoms with E-state index in [-0.39, 0.29) is 72.2 Å². The molecule has 5 aromatic rings. The molecule has 5 heterocycles. The van der Waals surface area contributed by atoms with E-state index in [4.69, 9.17) is 39.9 Å². The molecule has 5 aromatic carbocycles. The largest absolute Gasteiger partial charge is 0.490 e. The Kier molecular flexibility index (Phi) is 65.3. The molecule has 0 aliphatic carbocycles. The second-order valence-corrected chi connectivity index (χ2v) is 27.4. The number of carbonyl (C=O) groups excluding carboxylic acids is 4. The lowest BCUT2D eigenvalue weighted by molar-refractivity contribution is -0.385. The van der Waals surface area contributed by atoms with Gasteiger partial charge in [0, 0.05) is 127 Å². The number of piperidine rings is 5. The third-order valence-corrected chi connectivity index (χ3v) is 16.1. The van der Waals surface area contributed by atoms with Crippen molar-refractivity contribution in [3.05, 3.63) is 157 Å². The second-order valence-electron chi connectivity index (χ2n) is 26.9. The van der Waals surface area contributed by atoms with Gasteiger partial charge in [-0.1, -0.05) is 97.4 Å². The Labute approximate surface area is 698 Å². The number of carbonyl (C=O) groups is 4. The van der Waals surface area contributed by atoms with E-state index in [9.17, 15) is 59.0 Å². The van der Waals surface area contributed by atoms with Crippen molar-refractivity contribution >= 4 is 63.4 Å². The van der Waals surface area contributed by atoms with Crippen molar-refractivity contribution in [3.63, 3.8) is 0 Å². The van der Waals surface area contributed by atoms with Crippen LogP contribution in [0.25, 0.3) is 0 Å². The van der Waals surface area contributed by atoms with Crippen molar-refractivity contribution in [2.24, 2.45) is 0 Å². The van der Waals surface area contributed by atoms with Crippen LogP contribution in [0.2, 0.25) is 0 Å². The SMILES string of the molecule is C.CC.CC.CC.CC.CC.CC(=O)Cl.CC(=O)N1CCC(Oc2ccc(N)cc2)CC1.CC(C)(C)OC(=O)N1CCC(O)CC1.CC(C)(C)OC(=O)N1CCC(Oc2ccc([N+](=O)[O-])cc2)CC1.CCN(CC)CC.Nc1ccc(OC2CCNCC2)cc1.O=[N+]([O-])c1ccc(F)cc1.O=[N+]([O-])c1ccc(OC2CCNCC2)cc1. The zero-order valence-electron chi connectivity index (χ0n) is 72.7. The van der Waals surface area contributed by atoms with Gasteiger partial charge >= 0.3 is 12.2 Å². The first-order chi connectivity index (χ1) is 54.6. The van der Waals surface area contributed by atoms with Gasteiger partial charge in [0.2, 0.25) is 11.1 Å². The normalized spacial score (nSPS) is 14.4. The summed E-state index contributed by atoms with van der Waals surface area (Å²) in [6, 6.07) is 31.7. The quantitative estimate of drug-likeness (QED) is 0.0298. The predicted molar refractivity (Wildman–Crippen MR) is 468 cm³/mol. The first-order valence-electron chi connectivity index (χ1n) is 40.6. The maximum Gasteiger partial charge on any atom is 0.410 e. The van der Waals surface area contributed by atoms with Gasteiger partial charge in [0.15, 0.2) is 0 Å². The number of anilines is 2. The number of nitrogens with zero attached hydrogens (tertiary/aromatic N) is 7. The average molecular weight is 1660 g/mol. The number of non-ortho nitro benzene ring substituents is 3. The molecule has 10 rings (SSSR count). The molecule has 0 unspecified atom stereocenters. The lowest BCUT2D eigenvalue weighted by Crippen LogP contribution is -2.44. The molecule has 0 radical (unpaired) electrons. The van der Waals surface area contributed by atoms with Crippen LogP contribution >= 0.6 is 11.6 Å².